The number of aromatic nitrogens is 4. The van der Waals surface area contributed by atoms with Gasteiger partial charge in [0.1, 0.15) is 11.6 Å². The number of aryl methyl sites for hydroxylation is 1. The fraction of sp³-hybridized carbons (Fsp3) is 0.364. The van der Waals surface area contributed by atoms with Gasteiger partial charge in [-0.2, -0.15) is 13.5 Å². The first-order valence-corrected chi connectivity index (χ1v) is 6.49. The summed E-state index contributed by atoms with van der Waals surface area (Å²) in [5.41, 5.74) is -1.02. The van der Waals surface area contributed by atoms with Crippen LogP contribution in [0.4, 0.5) is 14.6 Å². The van der Waals surface area contributed by atoms with Crippen molar-refractivity contribution in [1.82, 2.24) is 19.3 Å². The summed E-state index contributed by atoms with van der Waals surface area (Å²) >= 11 is 12.0. The molecule has 0 saturated heterocycles. The Morgan fingerprint density at radius 3 is 2.38 bits per heavy atom. The molecule has 0 fully saturated rings. The van der Waals surface area contributed by atoms with E-state index in [1.807, 2.05) is 0 Å². The molecule has 2 aromatic rings. The second-order valence-corrected chi connectivity index (χ2v) is 5.20. The molecule has 21 heavy (non-hydrogen) atoms. The molecule has 0 aromatic carbocycles. The number of pyridine rings is 1. The van der Waals surface area contributed by atoms with Crippen molar-refractivity contribution in [2.45, 2.75) is 13.5 Å². The molecule has 0 bridgehead atoms. The third kappa shape index (κ3) is 2.73. The minimum Gasteiger partial charge on any atom is -0.361 e. The van der Waals surface area contributed by atoms with Gasteiger partial charge in [0.25, 0.3) is 0 Å². The van der Waals surface area contributed by atoms with Crippen LogP contribution in [0.25, 0.3) is 5.82 Å². The molecule has 0 atom stereocenters. The zero-order valence-corrected chi connectivity index (χ0v) is 12.8. The summed E-state index contributed by atoms with van der Waals surface area (Å²) in [6, 6.07) is 1.38. The molecule has 0 aliphatic carbocycles. The maximum atomic E-state index is 12.8. The Morgan fingerprint density at radius 1 is 1.29 bits per heavy atom. The van der Waals surface area contributed by atoms with Gasteiger partial charge in [0.05, 0.1) is 10.0 Å². The van der Waals surface area contributed by atoms with E-state index in [-0.39, 0.29) is 26.3 Å². The quantitative estimate of drug-likeness (QED) is 0.863. The molecule has 2 rings (SSSR count). The van der Waals surface area contributed by atoms with Gasteiger partial charge in [-0.1, -0.05) is 23.2 Å². The first-order chi connectivity index (χ1) is 9.73. The van der Waals surface area contributed by atoms with Crippen LogP contribution in [-0.4, -0.2) is 33.4 Å². The fourth-order valence-corrected chi connectivity index (χ4v) is 2.36. The van der Waals surface area contributed by atoms with Gasteiger partial charge in [0, 0.05) is 14.1 Å². The van der Waals surface area contributed by atoms with Crippen LogP contribution in [0.1, 0.15) is 12.4 Å². The maximum absolute atomic E-state index is 12.8. The van der Waals surface area contributed by atoms with E-state index in [0.717, 1.165) is 4.68 Å². The van der Waals surface area contributed by atoms with Crippen molar-refractivity contribution in [3.8, 4) is 5.82 Å². The van der Waals surface area contributed by atoms with Crippen LogP contribution in [0, 0.1) is 6.92 Å². The normalized spacial score (nSPS) is 11.2. The van der Waals surface area contributed by atoms with Crippen molar-refractivity contribution in [2.24, 2.45) is 0 Å². The van der Waals surface area contributed by atoms with Crippen molar-refractivity contribution in [2.75, 3.05) is 19.0 Å². The van der Waals surface area contributed by atoms with E-state index >= 15 is 0 Å². The van der Waals surface area contributed by atoms with E-state index in [0.29, 0.717) is 5.82 Å². The summed E-state index contributed by atoms with van der Waals surface area (Å²) in [6.07, 6.45) is 0. The van der Waals surface area contributed by atoms with Crippen LogP contribution < -0.4 is 10.6 Å². The standard InChI is InChI=1S/C11H11Cl2F2N5O/c1-5-17-20(11(21)19(5)10(14)15)9-7(13)4-6(12)8(16-9)18(2)3/h4,10H,1-3H3. The van der Waals surface area contributed by atoms with Gasteiger partial charge < -0.3 is 4.90 Å². The van der Waals surface area contributed by atoms with Crippen LogP contribution in [0.5, 0.6) is 0 Å². The van der Waals surface area contributed by atoms with Gasteiger partial charge in [0.15, 0.2) is 5.82 Å². The van der Waals surface area contributed by atoms with Crippen molar-refractivity contribution < 1.29 is 8.78 Å². The van der Waals surface area contributed by atoms with Gasteiger partial charge >= 0.3 is 12.2 Å². The summed E-state index contributed by atoms with van der Waals surface area (Å²) in [6.45, 7) is -1.70. The lowest BCUT2D eigenvalue weighted by atomic mass is 10.4. The van der Waals surface area contributed by atoms with Crippen LogP contribution in [0.3, 0.4) is 0 Å². The lowest BCUT2D eigenvalue weighted by Gasteiger charge is -2.14. The highest BCUT2D eigenvalue weighted by atomic mass is 35.5. The summed E-state index contributed by atoms with van der Waals surface area (Å²) in [5.74, 6) is 0.138. The van der Waals surface area contributed by atoms with E-state index in [4.69, 9.17) is 23.2 Å². The van der Waals surface area contributed by atoms with E-state index in [1.165, 1.54) is 13.0 Å². The lowest BCUT2D eigenvalue weighted by Crippen LogP contribution is -2.26. The van der Waals surface area contributed by atoms with Gasteiger partial charge in [-0.05, 0) is 13.0 Å². The van der Waals surface area contributed by atoms with Crippen molar-refractivity contribution in [3.05, 3.63) is 32.4 Å². The first-order valence-electron chi connectivity index (χ1n) is 5.74. The van der Waals surface area contributed by atoms with Crippen molar-refractivity contribution in [3.63, 3.8) is 0 Å². The second-order valence-electron chi connectivity index (χ2n) is 4.38. The molecular weight excluding hydrogens is 327 g/mol. The van der Waals surface area contributed by atoms with Crippen LogP contribution in [0.2, 0.25) is 10.0 Å². The number of alkyl halides is 2. The van der Waals surface area contributed by atoms with Crippen LogP contribution in [0.15, 0.2) is 10.9 Å². The number of anilines is 1. The van der Waals surface area contributed by atoms with E-state index in [9.17, 15) is 13.6 Å². The van der Waals surface area contributed by atoms with Gasteiger partial charge in [-0.15, -0.1) is 5.10 Å². The minimum absolute atomic E-state index is 0.0339. The van der Waals surface area contributed by atoms with Crippen molar-refractivity contribution in [1.29, 1.82) is 0 Å². The highest BCUT2D eigenvalue weighted by molar-refractivity contribution is 6.36. The van der Waals surface area contributed by atoms with E-state index < -0.39 is 12.2 Å². The number of hydrogen-bond acceptors (Lipinski definition) is 4. The molecule has 10 heteroatoms. The van der Waals surface area contributed by atoms with Crippen LogP contribution in [-0.2, 0) is 0 Å². The zero-order chi connectivity index (χ0) is 15.9. The Bertz CT molecular complexity index is 741. The monoisotopic (exact) mass is 337 g/mol. The third-order valence-electron chi connectivity index (χ3n) is 2.69. The lowest BCUT2D eigenvalue weighted by molar-refractivity contribution is 0.0640. The van der Waals surface area contributed by atoms with E-state index in [2.05, 4.69) is 10.1 Å². The SMILES string of the molecule is Cc1nn(-c2nc(N(C)C)c(Cl)cc2Cl)c(=O)n1C(F)F. The first kappa shape index (κ1) is 15.7. The number of halogens is 4. The minimum atomic E-state index is -2.99. The molecule has 0 aliphatic heterocycles. The third-order valence-corrected chi connectivity index (χ3v) is 3.25. The van der Waals surface area contributed by atoms with Gasteiger partial charge in [-0.3, -0.25) is 0 Å². The molecule has 0 aliphatic rings. The Morgan fingerprint density at radius 2 is 1.90 bits per heavy atom. The zero-order valence-electron chi connectivity index (χ0n) is 11.3. The predicted octanol–water partition coefficient (Wildman–Crippen LogP) is 2.51. The molecule has 6 nitrogen and oxygen atoms in total. The smallest absolute Gasteiger partial charge is 0.356 e. The van der Waals surface area contributed by atoms with E-state index in [1.54, 1.807) is 19.0 Å². The highest BCUT2D eigenvalue weighted by Gasteiger charge is 2.21. The highest BCUT2D eigenvalue weighted by Crippen LogP contribution is 2.29. The molecular formula is C11H11Cl2F2N5O. The molecule has 0 amide bonds. The summed E-state index contributed by atoms with van der Waals surface area (Å²) in [4.78, 5) is 17.7. The number of rotatable bonds is 3. The van der Waals surface area contributed by atoms with Crippen LogP contribution >= 0.6 is 23.2 Å². The molecule has 0 spiro atoms. The Labute approximate surface area is 128 Å². The van der Waals surface area contributed by atoms with Gasteiger partial charge in [-0.25, -0.2) is 14.3 Å². The molecule has 0 unspecified atom stereocenters. The predicted molar refractivity (Wildman–Crippen MR) is 76.0 cm³/mol. The van der Waals surface area contributed by atoms with Gasteiger partial charge in [0.2, 0.25) is 0 Å². The topological polar surface area (TPSA) is 56.0 Å². The number of nitrogens with zero attached hydrogens (tertiary/aromatic N) is 5. The Balaban J connectivity index is 2.71. The summed E-state index contributed by atoms with van der Waals surface area (Å²) < 4.78 is 26.6. The average molecular weight is 338 g/mol. The summed E-state index contributed by atoms with van der Waals surface area (Å²) in [5, 5.41) is 4.08. The molecule has 114 valence electrons. The van der Waals surface area contributed by atoms with Crippen molar-refractivity contribution >= 4 is 29.0 Å². The Kier molecular flexibility index (Phi) is 4.20. The maximum Gasteiger partial charge on any atom is 0.356 e. The molecule has 2 heterocycles. The molecule has 0 N–H and O–H groups in total. The largest absolute Gasteiger partial charge is 0.361 e. The molecule has 2 aromatic heterocycles. The fourth-order valence-electron chi connectivity index (χ4n) is 1.75. The summed E-state index contributed by atoms with van der Waals surface area (Å²) in [7, 11) is 3.38. The Hall–Kier alpha value is -1.67. The molecule has 0 saturated carbocycles. The number of hydrogen-bond donors (Lipinski definition) is 0. The molecule has 0 radical (unpaired) electrons. The average Bonchev–Trinajstić information content (AvgIpc) is 2.64. The second kappa shape index (κ2) is 5.61.